The summed E-state index contributed by atoms with van der Waals surface area (Å²) in [6, 6.07) is 14.3. The number of hydrogen-bond acceptors (Lipinski definition) is 3. The van der Waals surface area contributed by atoms with Gasteiger partial charge in [-0.15, -0.1) is 0 Å². The third kappa shape index (κ3) is 2.61. The second-order valence-corrected chi connectivity index (χ2v) is 8.06. The highest BCUT2D eigenvalue weighted by Gasteiger charge is 2.53. The fourth-order valence-corrected chi connectivity index (χ4v) is 4.31. The molecule has 2 aromatic rings. The molecule has 0 saturated heterocycles. The lowest BCUT2D eigenvalue weighted by Crippen LogP contribution is -2.27. The van der Waals surface area contributed by atoms with Gasteiger partial charge in [0.25, 0.3) is 5.91 Å². The van der Waals surface area contributed by atoms with E-state index in [1.54, 1.807) is 0 Å². The third-order valence-electron chi connectivity index (χ3n) is 5.07. The second-order valence-electron chi connectivity index (χ2n) is 6.50. The Bertz CT molecular complexity index is 906. The van der Waals surface area contributed by atoms with Gasteiger partial charge in [-0.1, -0.05) is 24.3 Å². The minimum absolute atomic E-state index is 0.00747. The molecule has 1 amide bonds. The molecular weight excluding hydrogens is 324 g/mol. The number of rotatable bonds is 3. The number of aryl methyl sites for hydroxylation is 1. The van der Waals surface area contributed by atoms with Gasteiger partial charge in [0.05, 0.1) is 4.90 Å². The monoisotopic (exact) mass is 342 g/mol. The summed E-state index contributed by atoms with van der Waals surface area (Å²) in [4.78, 5) is 12.4. The average molecular weight is 342 g/mol. The topological polar surface area (TPSA) is 89.3 Å². The largest absolute Gasteiger partial charge is 0.348 e. The maximum Gasteiger partial charge on any atom is 0.251 e. The highest BCUT2D eigenvalue weighted by atomic mass is 32.2. The summed E-state index contributed by atoms with van der Waals surface area (Å²) in [5.41, 5.74) is 3.18. The number of amides is 1. The Balaban J connectivity index is 1.49. The van der Waals surface area contributed by atoms with E-state index < -0.39 is 10.0 Å². The van der Waals surface area contributed by atoms with Crippen molar-refractivity contribution in [3.8, 4) is 0 Å². The number of benzene rings is 2. The Morgan fingerprint density at radius 2 is 1.79 bits per heavy atom. The van der Waals surface area contributed by atoms with Crippen molar-refractivity contribution in [2.75, 3.05) is 0 Å². The van der Waals surface area contributed by atoms with Crippen LogP contribution in [0.2, 0.25) is 0 Å². The Hall–Kier alpha value is -2.18. The fourth-order valence-electron chi connectivity index (χ4n) is 3.79. The molecule has 5 nitrogen and oxygen atoms in total. The Kier molecular flexibility index (Phi) is 3.47. The summed E-state index contributed by atoms with van der Waals surface area (Å²) in [7, 11) is -3.74. The van der Waals surface area contributed by atoms with E-state index in [0.717, 1.165) is 12.8 Å². The van der Waals surface area contributed by atoms with E-state index in [0.29, 0.717) is 17.4 Å². The SMILES string of the molecule is NS(=O)(=O)c1ccc(C(=O)N[C@@H]2[C@H]3CCc4ccccc4[C@H]32)cc1. The Morgan fingerprint density at radius 1 is 1.08 bits per heavy atom. The lowest BCUT2D eigenvalue weighted by molar-refractivity contribution is 0.0948. The fraction of sp³-hybridized carbons (Fsp3) is 0.278. The summed E-state index contributed by atoms with van der Waals surface area (Å²) in [6.07, 6.45) is 2.16. The predicted molar refractivity (Wildman–Crippen MR) is 90.1 cm³/mol. The molecule has 0 unspecified atom stereocenters. The zero-order valence-corrected chi connectivity index (χ0v) is 13.8. The van der Waals surface area contributed by atoms with Crippen molar-refractivity contribution in [1.29, 1.82) is 0 Å². The lowest BCUT2D eigenvalue weighted by atomic mass is 9.92. The summed E-state index contributed by atoms with van der Waals surface area (Å²) >= 11 is 0. The highest BCUT2D eigenvalue weighted by Crippen LogP contribution is 2.54. The van der Waals surface area contributed by atoms with Crippen LogP contribution < -0.4 is 10.5 Å². The average Bonchev–Trinajstić information content (AvgIpc) is 3.27. The number of carbonyl (C=O) groups excluding carboxylic acids is 1. The summed E-state index contributed by atoms with van der Waals surface area (Å²) in [6.45, 7) is 0. The molecule has 0 spiro atoms. The van der Waals surface area contributed by atoms with Gasteiger partial charge in [-0.2, -0.15) is 0 Å². The van der Waals surface area contributed by atoms with E-state index in [9.17, 15) is 13.2 Å². The molecular formula is C18H18N2O3S. The van der Waals surface area contributed by atoms with Crippen LogP contribution in [0.3, 0.4) is 0 Å². The lowest BCUT2D eigenvalue weighted by Gasteiger charge is -2.13. The van der Waals surface area contributed by atoms with Crippen LogP contribution in [0.25, 0.3) is 0 Å². The molecule has 6 heteroatoms. The molecule has 3 N–H and O–H groups in total. The molecule has 2 aliphatic rings. The van der Waals surface area contributed by atoms with Gasteiger partial charge in [-0.05, 0) is 54.2 Å². The molecule has 124 valence electrons. The molecule has 0 bridgehead atoms. The molecule has 3 atom stereocenters. The smallest absolute Gasteiger partial charge is 0.251 e. The predicted octanol–water partition coefficient (Wildman–Crippen LogP) is 1.79. The quantitative estimate of drug-likeness (QED) is 0.891. The van der Waals surface area contributed by atoms with Crippen LogP contribution in [0.15, 0.2) is 53.4 Å². The molecule has 0 radical (unpaired) electrons. The van der Waals surface area contributed by atoms with Crippen LogP contribution >= 0.6 is 0 Å². The summed E-state index contributed by atoms with van der Waals surface area (Å²) < 4.78 is 22.5. The molecule has 24 heavy (non-hydrogen) atoms. The van der Waals surface area contributed by atoms with Crippen molar-refractivity contribution in [2.24, 2.45) is 11.1 Å². The normalized spacial score (nSPS) is 24.6. The van der Waals surface area contributed by atoms with Crippen LogP contribution in [0.4, 0.5) is 0 Å². The van der Waals surface area contributed by atoms with Gasteiger partial charge in [0.1, 0.15) is 0 Å². The molecule has 1 fully saturated rings. The van der Waals surface area contributed by atoms with Gasteiger partial charge < -0.3 is 5.32 Å². The van der Waals surface area contributed by atoms with Gasteiger partial charge in [-0.3, -0.25) is 4.79 Å². The molecule has 0 aliphatic heterocycles. The zero-order valence-electron chi connectivity index (χ0n) is 13.0. The van der Waals surface area contributed by atoms with Crippen LogP contribution in [0, 0.1) is 5.92 Å². The first-order valence-electron chi connectivity index (χ1n) is 7.97. The minimum Gasteiger partial charge on any atom is -0.348 e. The van der Waals surface area contributed by atoms with Gasteiger partial charge in [0.2, 0.25) is 10.0 Å². The van der Waals surface area contributed by atoms with E-state index in [4.69, 9.17) is 5.14 Å². The number of fused-ring (bicyclic) bond motifs is 3. The van der Waals surface area contributed by atoms with Crippen LogP contribution in [-0.2, 0) is 16.4 Å². The first kappa shape index (κ1) is 15.4. The molecule has 0 heterocycles. The van der Waals surface area contributed by atoms with Gasteiger partial charge in [0.15, 0.2) is 0 Å². The number of sulfonamides is 1. The first-order valence-corrected chi connectivity index (χ1v) is 9.51. The number of hydrogen-bond donors (Lipinski definition) is 2. The van der Waals surface area contributed by atoms with E-state index in [-0.39, 0.29) is 16.8 Å². The van der Waals surface area contributed by atoms with Crippen molar-refractivity contribution >= 4 is 15.9 Å². The molecule has 4 rings (SSSR count). The van der Waals surface area contributed by atoms with Gasteiger partial charge in [0, 0.05) is 17.5 Å². The summed E-state index contributed by atoms with van der Waals surface area (Å²) in [5.74, 6) is 0.739. The third-order valence-corrected chi connectivity index (χ3v) is 6.00. The van der Waals surface area contributed by atoms with E-state index in [1.165, 1.54) is 35.4 Å². The minimum atomic E-state index is -3.74. The second kappa shape index (κ2) is 5.43. The number of nitrogens with one attached hydrogen (secondary N) is 1. The number of primary sulfonamides is 1. The summed E-state index contributed by atoms with van der Waals surface area (Å²) in [5, 5.41) is 8.16. The zero-order chi connectivity index (χ0) is 16.9. The van der Waals surface area contributed by atoms with Gasteiger partial charge >= 0.3 is 0 Å². The Labute approximate surface area is 140 Å². The van der Waals surface area contributed by atoms with Crippen molar-refractivity contribution in [3.05, 3.63) is 65.2 Å². The molecule has 2 aromatic carbocycles. The van der Waals surface area contributed by atoms with Crippen molar-refractivity contribution in [1.82, 2.24) is 5.32 Å². The van der Waals surface area contributed by atoms with Crippen LogP contribution in [0.1, 0.15) is 33.8 Å². The van der Waals surface area contributed by atoms with Crippen molar-refractivity contribution in [3.63, 3.8) is 0 Å². The maximum atomic E-state index is 12.4. The van der Waals surface area contributed by atoms with E-state index in [1.807, 2.05) is 6.07 Å². The highest BCUT2D eigenvalue weighted by molar-refractivity contribution is 7.89. The van der Waals surface area contributed by atoms with Gasteiger partial charge in [-0.25, -0.2) is 13.6 Å². The standard InChI is InChI=1S/C18H18N2O3S/c19-24(22,23)13-8-5-12(6-9-13)18(21)20-17-15-10-7-11-3-1-2-4-14(11)16(15)17/h1-6,8-9,15-17H,7,10H2,(H,20,21)(H2,19,22,23)/t15-,16+,17+/m0/s1. The Morgan fingerprint density at radius 3 is 2.50 bits per heavy atom. The van der Waals surface area contributed by atoms with Crippen LogP contribution in [0.5, 0.6) is 0 Å². The number of carbonyl (C=O) groups is 1. The van der Waals surface area contributed by atoms with Crippen LogP contribution in [-0.4, -0.2) is 20.4 Å². The molecule has 2 aliphatic carbocycles. The first-order chi connectivity index (χ1) is 11.4. The molecule has 0 aromatic heterocycles. The van der Waals surface area contributed by atoms with E-state index >= 15 is 0 Å². The van der Waals surface area contributed by atoms with E-state index in [2.05, 4.69) is 23.5 Å². The maximum absolute atomic E-state index is 12.4. The number of nitrogens with two attached hydrogens (primary N) is 1. The van der Waals surface area contributed by atoms with Crippen molar-refractivity contribution < 1.29 is 13.2 Å². The van der Waals surface area contributed by atoms with Crippen molar-refractivity contribution in [2.45, 2.75) is 29.7 Å². The molecule has 1 saturated carbocycles.